The Morgan fingerprint density at radius 2 is 1.81 bits per heavy atom. The summed E-state index contributed by atoms with van der Waals surface area (Å²) in [6, 6.07) is 6.79. The van der Waals surface area contributed by atoms with Gasteiger partial charge in [-0.15, -0.1) is 0 Å². The fourth-order valence-electron chi connectivity index (χ4n) is 3.86. The first-order valence-electron chi connectivity index (χ1n) is 10.8. The van der Waals surface area contributed by atoms with Gasteiger partial charge in [-0.3, -0.25) is 24.1 Å². The number of amides is 4. The van der Waals surface area contributed by atoms with Gasteiger partial charge in [-0.2, -0.15) is 0 Å². The van der Waals surface area contributed by atoms with Gasteiger partial charge in [-0.1, -0.05) is 26.0 Å². The normalized spacial score (nSPS) is 19.8. The molecule has 0 bridgehead atoms. The lowest BCUT2D eigenvalue weighted by atomic mass is 10.0. The molecule has 2 aliphatic heterocycles. The molecule has 2 aliphatic rings. The minimum atomic E-state index is -0.826. The van der Waals surface area contributed by atoms with E-state index in [2.05, 4.69) is 24.5 Å². The van der Waals surface area contributed by atoms with Gasteiger partial charge in [0.25, 0.3) is 0 Å². The fourth-order valence-corrected chi connectivity index (χ4v) is 3.86. The Morgan fingerprint density at radius 3 is 2.42 bits per heavy atom. The zero-order chi connectivity index (χ0) is 22.4. The predicted octanol–water partition coefficient (Wildman–Crippen LogP) is 0.240. The van der Waals surface area contributed by atoms with Crippen molar-refractivity contribution in [1.29, 1.82) is 0 Å². The van der Waals surface area contributed by atoms with Crippen LogP contribution >= 0.6 is 0 Å². The van der Waals surface area contributed by atoms with E-state index >= 15 is 0 Å². The molecule has 2 N–H and O–H groups in total. The van der Waals surface area contributed by atoms with Gasteiger partial charge in [-0.05, 0) is 23.6 Å². The second-order valence-electron chi connectivity index (χ2n) is 8.34. The number of benzene rings is 1. The molecule has 0 unspecified atom stereocenters. The highest BCUT2D eigenvalue weighted by molar-refractivity contribution is 5.97. The number of carbonyl (C=O) groups is 4. The predicted molar refractivity (Wildman–Crippen MR) is 116 cm³/mol. The smallest absolute Gasteiger partial charge is 0.243 e. The Morgan fingerprint density at radius 1 is 1.13 bits per heavy atom. The van der Waals surface area contributed by atoms with E-state index < -0.39 is 6.04 Å². The van der Waals surface area contributed by atoms with E-state index in [1.165, 1.54) is 10.5 Å². The second-order valence-corrected chi connectivity index (χ2v) is 8.34. The third-order valence-electron chi connectivity index (χ3n) is 5.81. The van der Waals surface area contributed by atoms with Gasteiger partial charge >= 0.3 is 0 Å². The van der Waals surface area contributed by atoms with Gasteiger partial charge in [0.1, 0.15) is 6.04 Å². The molecule has 31 heavy (non-hydrogen) atoms. The number of nitrogens with one attached hydrogen (secondary N) is 2. The van der Waals surface area contributed by atoms with Crippen molar-refractivity contribution < 1.29 is 19.2 Å². The van der Waals surface area contributed by atoms with Crippen LogP contribution in [0, 0.1) is 0 Å². The highest BCUT2D eigenvalue weighted by Crippen LogP contribution is 2.18. The number of hydrogen-bond acceptors (Lipinski definition) is 5. The summed E-state index contributed by atoms with van der Waals surface area (Å²) in [5.74, 6) is -0.391. The van der Waals surface area contributed by atoms with Gasteiger partial charge in [0.15, 0.2) is 0 Å². The topological polar surface area (TPSA) is 102 Å². The van der Waals surface area contributed by atoms with Crippen molar-refractivity contribution in [3.63, 3.8) is 0 Å². The Hall–Kier alpha value is -2.94. The summed E-state index contributed by atoms with van der Waals surface area (Å²) in [6.07, 6.45) is 0.724. The molecule has 0 radical (unpaired) electrons. The Labute approximate surface area is 182 Å². The van der Waals surface area contributed by atoms with Gasteiger partial charge in [0, 0.05) is 45.0 Å². The molecule has 3 rings (SSSR count). The maximum Gasteiger partial charge on any atom is 0.243 e. The molecule has 2 fully saturated rings. The average molecular weight is 430 g/mol. The van der Waals surface area contributed by atoms with Crippen LogP contribution in [0.3, 0.4) is 0 Å². The van der Waals surface area contributed by atoms with Crippen LogP contribution < -0.4 is 10.6 Å². The van der Waals surface area contributed by atoms with Gasteiger partial charge in [-0.25, -0.2) is 0 Å². The zero-order valence-corrected chi connectivity index (χ0v) is 18.2. The van der Waals surface area contributed by atoms with E-state index in [0.29, 0.717) is 50.9 Å². The van der Waals surface area contributed by atoms with Crippen molar-refractivity contribution in [3.8, 4) is 0 Å². The molecule has 0 aromatic heterocycles. The van der Waals surface area contributed by atoms with Crippen LogP contribution in [0.1, 0.15) is 31.7 Å². The minimum Gasteiger partial charge on any atom is -0.353 e. The Kier molecular flexibility index (Phi) is 7.62. The average Bonchev–Trinajstić information content (AvgIpc) is 2.76. The molecule has 4 amide bonds. The molecule has 1 aromatic carbocycles. The van der Waals surface area contributed by atoms with Crippen LogP contribution in [0.15, 0.2) is 24.3 Å². The lowest BCUT2D eigenvalue weighted by Gasteiger charge is -2.37. The van der Waals surface area contributed by atoms with Crippen molar-refractivity contribution in [2.75, 3.05) is 51.1 Å². The summed E-state index contributed by atoms with van der Waals surface area (Å²) < 4.78 is 0. The maximum absolute atomic E-state index is 12.9. The largest absolute Gasteiger partial charge is 0.353 e. The first-order chi connectivity index (χ1) is 14.9. The number of carbonyl (C=O) groups excluding carboxylic acids is 4. The molecule has 2 saturated heterocycles. The molecule has 168 valence electrons. The van der Waals surface area contributed by atoms with E-state index in [4.69, 9.17) is 0 Å². The lowest BCUT2D eigenvalue weighted by Crippen LogP contribution is -2.60. The molecule has 0 aliphatic carbocycles. The molecule has 2 heterocycles. The standard InChI is InChI=1S/C22H31N5O4/c1-16(2)17-3-5-18(6-4-17)24-20(29)13-19-22(31)23-7-8-27(19)21(30)14-25-9-11-26(15-28)12-10-25/h3-6,15-16,19H,7-14H2,1-2H3,(H,23,31)(H,24,29)/t19-/m1/s1. The van der Waals surface area contributed by atoms with Crippen LogP contribution in [0.5, 0.6) is 0 Å². The van der Waals surface area contributed by atoms with Crippen LogP contribution in [0.4, 0.5) is 5.69 Å². The molecule has 9 nitrogen and oxygen atoms in total. The summed E-state index contributed by atoms with van der Waals surface area (Å²) in [5.41, 5.74) is 1.84. The number of anilines is 1. The number of nitrogens with zero attached hydrogens (tertiary/aromatic N) is 3. The highest BCUT2D eigenvalue weighted by atomic mass is 16.2. The van der Waals surface area contributed by atoms with E-state index in [0.717, 1.165) is 6.41 Å². The monoisotopic (exact) mass is 429 g/mol. The van der Waals surface area contributed by atoms with E-state index in [1.807, 2.05) is 29.2 Å². The van der Waals surface area contributed by atoms with Crippen molar-refractivity contribution in [2.45, 2.75) is 32.2 Å². The summed E-state index contributed by atoms with van der Waals surface area (Å²) in [7, 11) is 0. The van der Waals surface area contributed by atoms with E-state index in [1.54, 1.807) is 4.90 Å². The summed E-state index contributed by atoms with van der Waals surface area (Å²) in [6.45, 7) is 7.51. The molecule has 0 spiro atoms. The minimum absolute atomic E-state index is 0.0948. The lowest BCUT2D eigenvalue weighted by molar-refractivity contribution is -0.145. The molecule has 9 heteroatoms. The Bertz CT molecular complexity index is 803. The summed E-state index contributed by atoms with van der Waals surface area (Å²) >= 11 is 0. The molecule has 1 aromatic rings. The second kappa shape index (κ2) is 10.4. The van der Waals surface area contributed by atoms with Gasteiger partial charge in [0.05, 0.1) is 13.0 Å². The van der Waals surface area contributed by atoms with E-state index in [9.17, 15) is 19.2 Å². The fraction of sp³-hybridized carbons (Fsp3) is 0.545. The maximum atomic E-state index is 12.9. The van der Waals surface area contributed by atoms with Crippen molar-refractivity contribution in [3.05, 3.63) is 29.8 Å². The molecular weight excluding hydrogens is 398 g/mol. The molecule has 0 saturated carbocycles. The summed E-state index contributed by atoms with van der Waals surface area (Å²) in [5, 5.41) is 5.57. The number of piperazine rings is 2. The van der Waals surface area contributed by atoms with Crippen LogP contribution in [0.2, 0.25) is 0 Å². The number of rotatable bonds is 7. The van der Waals surface area contributed by atoms with Gasteiger partial charge in [0.2, 0.25) is 24.1 Å². The molecular formula is C22H31N5O4. The Balaban J connectivity index is 1.58. The third-order valence-corrected chi connectivity index (χ3v) is 5.81. The van der Waals surface area contributed by atoms with Crippen molar-refractivity contribution in [1.82, 2.24) is 20.0 Å². The van der Waals surface area contributed by atoms with Crippen molar-refractivity contribution in [2.24, 2.45) is 0 Å². The van der Waals surface area contributed by atoms with Crippen LogP contribution in [0.25, 0.3) is 0 Å². The zero-order valence-electron chi connectivity index (χ0n) is 18.2. The molecule has 1 atom stereocenters. The van der Waals surface area contributed by atoms with Crippen LogP contribution in [-0.2, 0) is 19.2 Å². The first kappa shape index (κ1) is 22.7. The highest BCUT2D eigenvalue weighted by Gasteiger charge is 2.35. The SMILES string of the molecule is CC(C)c1ccc(NC(=O)C[C@@H]2C(=O)NCCN2C(=O)CN2CCN(C=O)CC2)cc1. The van der Waals surface area contributed by atoms with Gasteiger partial charge < -0.3 is 20.4 Å². The van der Waals surface area contributed by atoms with E-state index in [-0.39, 0.29) is 30.7 Å². The first-order valence-corrected chi connectivity index (χ1v) is 10.8. The van der Waals surface area contributed by atoms with Crippen LogP contribution in [-0.4, -0.2) is 90.7 Å². The number of hydrogen-bond donors (Lipinski definition) is 2. The summed E-state index contributed by atoms with van der Waals surface area (Å²) in [4.78, 5) is 53.9. The third kappa shape index (κ3) is 6.04. The quantitative estimate of drug-likeness (QED) is 0.605. The van der Waals surface area contributed by atoms with Crippen molar-refractivity contribution >= 4 is 29.8 Å².